The summed E-state index contributed by atoms with van der Waals surface area (Å²) in [6.45, 7) is 8.04. The molecular weight excluding hydrogens is 268 g/mol. The molecule has 1 aliphatic heterocycles. The predicted molar refractivity (Wildman–Crippen MR) is 82.3 cm³/mol. The maximum Gasteiger partial charge on any atom is 0.407 e. The summed E-state index contributed by atoms with van der Waals surface area (Å²) in [7, 11) is 0. The molecular formula is C16H30N2O3. The van der Waals surface area contributed by atoms with Gasteiger partial charge >= 0.3 is 6.09 Å². The van der Waals surface area contributed by atoms with Gasteiger partial charge in [0, 0.05) is 25.2 Å². The van der Waals surface area contributed by atoms with Crippen molar-refractivity contribution in [3.63, 3.8) is 0 Å². The SMILES string of the molecule is CC(C)(C)OC(=O)NC[C@@H]1CCCC[C@H]1N[C@H]1CCOC1. The Morgan fingerprint density at radius 3 is 2.67 bits per heavy atom. The Bertz CT molecular complexity index is 335. The summed E-state index contributed by atoms with van der Waals surface area (Å²) in [5.74, 6) is 0.492. The van der Waals surface area contributed by atoms with E-state index in [1.54, 1.807) is 0 Å². The van der Waals surface area contributed by atoms with Gasteiger partial charge in [-0.3, -0.25) is 0 Å². The van der Waals surface area contributed by atoms with Crippen LogP contribution in [-0.2, 0) is 9.47 Å². The van der Waals surface area contributed by atoms with Gasteiger partial charge in [0.25, 0.3) is 0 Å². The Hall–Kier alpha value is -0.810. The fraction of sp³-hybridized carbons (Fsp3) is 0.938. The lowest BCUT2D eigenvalue weighted by Gasteiger charge is -2.34. The monoisotopic (exact) mass is 298 g/mol. The van der Waals surface area contributed by atoms with Crippen LogP contribution in [0.15, 0.2) is 0 Å². The summed E-state index contributed by atoms with van der Waals surface area (Å²) in [5, 5.41) is 6.65. The van der Waals surface area contributed by atoms with Crippen LogP contribution >= 0.6 is 0 Å². The summed E-state index contributed by atoms with van der Waals surface area (Å²) in [4.78, 5) is 11.8. The highest BCUT2D eigenvalue weighted by atomic mass is 16.6. The van der Waals surface area contributed by atoms with Crippen molar-refractivity contribution in [1.82, 2.24) is 10.6 Å². The summed E-state index contributed by atoms with van der Waals surface area (Å²) in [6, 6.07) is 0.970. The minimum absolute atomic E-state index is 0.309. The Morgan fingerprint density at radius 1 is 1.24 bits per heavy atom. The van der Waals surface area contributed by atoms with E-state index >= 15 is 0 Å². The summed E-state index contributed by atoms with van der Waals surface area (Å²) in [6.07, 6.45) is 5.67. The zero-order valence-corrected chi connectivity index (χ0v) is 13.6. The molecule has 21 heavy (non-hydrogen) atoms. The molecule has 0 aromatic rings. The normalized spacial score (nSPS) is 30.1. The van der Waals surface area contributed by atoms with Crippen molar-refractivity contribution in [2.24, 2.45) is 5.92 Å². The van der Waals surface area contributed by atoms with Crippen LogP contribution in [0.2, 0.25) is 0 Å². The van der Waals surface area contributed by atoms with Crippen LogP contribution in [0.25, 0.3) is 0 Å². The number of amides is 1. The third-order valence-electron chi connectivity index (χ3n) is 4.20. The van der Waals surface area contributed by atoms with Crippen LogP contribution in [-0.4, -0.2) is 43.5 Å². The van der Waals surface area contributed by atoms with Gasteiger partial charge in [-0.05, 0) is 46.0 Å². The number of carbonyl (C=O) groups excluding carboxylic acids is 1. The van der Waals surface area contributed by atoms with Gasteiger partial charge in [-0.2, -0.15) is 0 Å². The van der Waals surface area contributed by atoms with Crippen LogP contribution in [0.1, 0.15) is 52.9 Å². The lowest BCUT2D eigenvalue weighted by molar-refractivity contribution is 0.0509. The van der Waals surface area contributed by atoms with Gasteiger partial charge in [0.1, 0.15) is 5.60 Å². The Morgan fingerprint density at radius 2 is 2.00 bits per heavy atom. The average Bonchev–Trinajstić information content (AvgIpc) is 2.88. The molecule has 1 saturated heterocycles. The fourth-order valence-corrected chi connectivity index (χ4v) is 3.17. The third-order valence-corrected chi connectivity index (χ3v) is 4.20. The zero-order chi connectivity index (χ0) is 15.3. The molecule has 0 bridgehead atoms. The Kier molecular flexibility index (Phi) is 5.88. The molecule has 1 aliphatic carbocycles. The van der Waals surface area contributed by atoms with Crippen LogP contribution in [0, 0.1) is 5.92 Å². The van der Waals surface area contributed by atoms with Crippen molar-refractivity contribution in [3.05, 3.63) is 0 Å². The molecule has 0 spiro atoms. The van der Waals surface area contributed by atoms with Gasteiger partial charge in [-0.1, -0.05) is 12.8 Å². The lowest BCUT2D eigenvalue weighted by atomic mass is 9.84. The molecule has 5 heteroatoms. The molecule has 1 amide bonds. The number of hydrogen-bond donors (Lipinski definition) is 2. The first-order chi connectivity index (χ1) is 9.94. The molecule has 0 radical (unpaired) electrons. The highest BCUT2D eigenvalue weighted by molar-refractivity contribution is 5.67. The molecule has 3 atom stereocenters. The molecule has 1 saturated carbocycles. The number of ether oxygens (including phenoxy) is 2. The van der Waals surface area contributed by atoms with E-state index in [0.29, 0.717) is 24.5 Å². The first-order valence-corrected chi connectivity index (χ1v) is 8.25. The van der Waals surface area contributed by atoms with Crippen LogP contribution in [0.4, 0.5) is 4.79 Å². The molecule has 2 fully saturated rings. The minimum atomic E-state index is -0.435. The third kappa shape index (κ3) is 5.83. The lowest BCUT2D eigenvalue weighted by Crippen LogP contribution is -2.48. The average molecular weight is 298 g/mol. The van der Waals surface area contributed by atoms with Gasteiger partial charge < -0.3 is 20.1 Å². The van der Waals surface area contributed by atoms with E-state index in [1.165, 1.54) is 25.7 Å². The molecule has 1 heterocycles. The van der Waals surface area contributed by atoms with Crippen molar-refractivity contribution in [2.45, 2.75) is 70.6 Å². The summed E-state index contributed by atoms with van der Waals surface area (Å²) >= 11 is 0. The fourth-order valence-electron chi connectivity index (χ4n) is 3.17. The topological polar surface area (TPSA) is 59.6 Å². The second-order valence-corrected chi connectivity index (χ2v) is 7.26. The standard InChI is InChI=1S/C16H30N2O3/c1-16(2,3)21-15(19)17-10-12-6-4-5-7-14(12)18-13-8-9-20-11-13/h12-14,18H,4-11H2,1-3H3,(H,17,19)/t12-,13-,14+/m0/s1. The van der Waals surface area contributed by atoms with Gasteiger partial charge in [0.15, 0.2) is 0 Å². The van der Waals surface area contributed by atoms with Gasteiger partial charge in [0.2, 0.25) is 0 Å². The van der Waals surface area contributed by atoms with E-state index in [9.17, 15) is 4.79 Å². The van der Waals surface area contributed by atoms with Crippen molar-refractivity contribution in [3.8, 4) is 0 Å². The molecule has 2 aliphatic rings. The van der Waals surface area contributed by atoms with Crippen molar-refractivity contribution >= 4 is 6.09 Å². The zero-order valence-electron chi connectivity index (χ0n) is 13.6. The second-order valence-electron chi connectivity index (χ2n) is 7.26. The number of hydrogen-bond acceptors (Lipinski definition) is 4. The Labute approximate surface area is 128 Å². The first-order valence-electron chi connectivity index (χ1n) is 8.25. The molecule has 122 valence electrons. The van der Waals surface area contributed by atoms with E-state index in [1.807, 2.05) is 20.8 Å². The first kappa shape index (κ1) is 16.6. The van der Waals surface area contributed by atoms with E-state index in [2.05, 4.69) is 10.6 Å². The van der Waals surface area contributed by atoms with Gasteiger partial charge in [-0.15, -0.1) is 0 Å². The minimum Gasteiger partial charge on any atom is -0.444 e. The molecule has 5 nitrogen and oxygen atoms in total. The van der Waals surface area contributed by atoms with Crippen LogP contribution in [0.5, 0.6) is 0 Å². The molecule has 0 aromatic carbocycles. The number of carbonyl (C=O) groups is 1. The molecule has 0 unspecified atom stereocenters. The number of rotatable bonds is 4. The van der Waals surface area contributed by atoms with Crippen LogP contribution in [0.3, 0.4) is 0 Å². The quantitative estimate of drug-likeness (QED) is 0.837. The largest absolute Gasteiger partial charge is 0.444 e. The summed E-state index contributed by atoms with van der Waals surface area (Å²) in [5.41, 5.74) is -0.435. The molecule has 0 aromatic heterocycles. The van der Waals surface area contributed by atoms with Gasteiger partial charge in [0.05, 0.1) is 6.61 Å². The maximum atomic E-state index is 11.8. The van der Waals surface area contributed by atoms with E-state index in [4.69, 9.17) is 9.47 Å². The Balaban J connectivity index is 1.77. The van der Waals surface area contributed by atoms with E-state index in [0.717, 1.165) is 19.6 Å². The highest BCUT2D eigenvalue weighted by Crippen LogP contribution is 2.25. The molecule has 2 N–H and O–H groups in total. The smallest absolute Gasteiger partial charge is 0.407 e. The van der Waals surface area contributed by atoms with E-state index < -0.39 is 5.60 Å². The van der Waals surface area contributed by atoms with Gasteiger partial charge in [-0.25, -0.2) is 4.79 Å². The van der Waals surface area contributed by atoms with Crippen molar-refractivity contribution in [2.75, 3.05) is 19.8 Å². The highest BCUT2D eigenvalue weighted by Gasteiger charge is 2.29. The van der Waals surface area contributed by atoms with Crippen LogP contribution < -0.4 is 10.6 Å². The van der Waals surface area contributed by atoms with Crippen molar-refractivity contribution in [1.29, 1.82) is 0 Å². The van der Waals surface area contributed by atoms with E-state index in [-0.39, 0.29) is 6.09 Å². The molecule has 2 rings (SSSR count). The van der Waals surface area contributed by atoms with Crippen molar-refractivity contribution < 1.29 is 14.3 Å². The maximum absolute atomic E-state index is 11.8. The predicted octanol–water partition coefficient (Wildman–Crippen LogP) is 2.45. The number of nitrogens with one attached hydrogen (secondary N) is 2. The second kappa shape index (κ2) is 7.45. The summed E-state index contributed by atoms with van der Waals surface area (Å²) < 4.78 is 10.7. The number of alkyl carbamates (subject to hydrolysis) is 1.